The number of imidazole rings is 1. The molecule has 0 aliphatic heterocycles. The maximum absolute atomic E-state index is 2.57. The molecule has 3 heteroatoms. The van der Waals surface area contributed by atoms with E-state index in [4.69, 9.17) is 0 Å². The van der Waals surface area contributed by atoms with E-state index in [0.29, 0.717) is 0 Å². The van der Waals surface area contributed by atoms with E-state index in [1.807, 2.05) is 0 Å². The molecule has 2 aliphatic rings. The summed E-state index contributed by atoms with van der Waals surface area (Å²) in [4.78, 5) is 0. The molecule has 1 aromatic rings. The van der Waals surface area contributed by atoms with Crippen LogP contribution in [-0.2, 0) is 0 Å². The number of hydrogen-bond acceptors (Lipinski definition) is 0. The Morgan fingerprint density at radius 2 is 1.00 bits per heavy atom. The third kappa shape index (κ3) is 7.25. The summed E-state index contributed by atoms with van der Waals surface area (Å²) in [6.45, 7) is 0. The van der Waals surface area contributed by atoms with Crippen LogP contribution in [0.5, 0.6) is 0 Å². The lowest BCUT2D eigenvalue weighted by Gasteiger charge is -2.17. The van der Waals surface area contributed by atoms with Gasteiger partial charge in [0, 0.05) is 0 Å². The van der Waals surface area contributed by atoms with Crippen molar-refractivity contribution in [1.29, 1.82) is 0 Å². The third-order valence-electron chi connectivity index (χ3n) is 6.67. The van der Waals surface area contributed by atoms with E-state index in [-0.39, 0.29) is 12.4 Å². The molecule has 1 heterocycles. The quantitative estimate of drug-likeness (QED) is 0.688. The second-order valence-electron chi connectivity index (χ2n) is 8.72. The van der Waals surface area contributed by atoms with Gasteiger partial charge in [-0.25, -0.2) is 9.13 Å². The minimum absolute atomic E-state index is 0. The molecular weight excluding hydrogens is 340 g/mol. The van der Waals surface area contributed by atoms with Crippen LogP contribution in [-0.4, -0.2) is 4.57 Å². The van der Waals surface area contributed by atoms with Crippen LogP contribution in [0, 0.1) is 0 Å². The zero-order chi connectivity index (χ0) is 17.2. The van der Waals surface area contributed by atoms with Crippen LogP contribution in [0.25, 0.3) is 0 Å². The van der Waals surface area contributed by atoms with Crippen molar-refractivity contribution in [3.63, 3.8) is 0 Å². The first kappa shape index (κ1) is 21.8. The molecule has 0 N–H and O–H groups in total. The molecule has 2 fully saturated rings. The van der Waals surface area contributed by atoms with E-state index >= 15 is 0 Å². The largest absolute Gasteiger partial charge is 1.00 e. The second kappa shape index (κ2) is 12.8. The minimum Gasteiger partial charge on any atom is -1.00 e. The summed E-state index contributed by atoms with van der Waals surface area (Å²) in [5.74, 6) is 0. The van der Waals surface area contributed by atoms with Gasteiger partial charge in [0.15, 0.2) is 0 Å². The molecule has 0 spiro atoms. The molecule has 0 saturated heterocycles. The highest BCUT2D eigenvalue weighted by Gasteiger charge is 2.21. The number of aromatic nitrogens is 2. The van der Waals surface area contributed by atoms with Crippen molar-refractivity contribution in [2.45, 2.75) is 128 Å². The summed E-state index contributed by atoms with van der Waals surface area (Å²) in [5, 5.41) is 0. The number of rotatable bonds is 2. The normalized spacial score (nSPS) is 23.1. The van der Waals surface area contributed by atoms with Gasteiger partial charge in [-0.15, -0.1) is 0 Å². The van der Waals surface area contributed by atoms with Gasteiger partial charge in [-0.1, -0.05) is 64.2 Å². The SMILES string of the molecule is [Cl-].c1c[n+](C2CCCCCCCCC2)cn1C1CCCCCCCCC1. The lowest BCUT2D eigenvalue weighted by molar-refractivity contribution is -0.724. The van der Waals surface area contributed by atoms with E-state index in [2.05, 4.69) is 27.9 Å². The van der Waals surface area contributed by atoms with Crippen LogP contribution >= 0.6 is 0 Å². The van der Waals surface area contributed by atoms with Gasteiger partial charge in [-0.2, -0.15) is 0 Å². The summed E-state index contributed by atoms with van der Waals surface area (Å²) in [7, 11) is 0. The summed E-state index contributed by atoms with van der Waals surface area (Å²) in [6.07, 6.45) is 33.0. The van der Waals surface area contributed by atoms with Gasteiger partial charge in [0.25, 0.3) is 0 Å². The highest BCUT2D eigenvalue weighted by Crippen LogP contribution is 2.26. The van der Waals surface area contributed by atoms with Crippen LogP contribution < -0.4 is 17.0 Å². The van der Waals surface area contributed by atoms with E-state index in [9.17, 15) is 0 Å². The van der Waals surface area contributed by atoms with Crippen LogP contribution in [0.2, 0.25) is 0 Å². The fourth-order valence-electron chi connectivity index (χ4n) is 4.99. The van der Waals surface area contributed by atoms with E-state index in [1.54, 1.807) is 0 Å². The van der Waals surface area contributed by atoms with Crippen LogP contribution in [0.15, 0.2) is 18.7 Å². The number of hydrogen-bond donors (Lipinski definition) is 0. The first-order valence-electron chi connectivity index (χ1n) is 11.5. The van der Waals surface area contributed by atoms with Crippen LogP contribution in [0.4, 0.5) is 0 Å². The Kier molecular flexibility index (Phi) is 10.7. The van der Waals surface area contributed by atoms with Gasteiger partial charge in [-0.3, -0.25) is 0 Å². The molecule has 26 heavy (non-hydrogen) atoms. The zero-order valence-electron chi connectivity index (χ0n) is 16.9. The Morgan fingerprint density at radius 3 is 1.50 bits per heavy atom. The van der Waals surface area contributed by atoms with Crippen molar-refractivity contribution in [1.82, 2.24) is 4.57 Å². The van der Waals surface area contributed by atoms with Crippen molar-refractivity contribution in [3.8, 4) is 0 Å². The van der Waals surface area contributed by atoms with Gasteiger partial charge in [0.2, 0.25) is 6.33 Å². The fraction of sp³-hybridized carbons (Fsp3) is 0.870. The summed E-state index contributed by atoms with van der Waals surface area (Å²) < 4.78 is 5.14. The third-order valence-corrected chi connectivity index (χ3v) is 6.67. The van der Waals surface area contributed by atoms with Gasteiger partial charge >= 0.3 is 0 Å². The Labute approximate surface area is 168 Å². The standard InChI is InChI=1S/C23H41N2.ClH/c1-3-7-11-15-22(16-12-8-4-1)24-19-20-25(21-24)23-17-13-9-5-2-6-10-14-18-23;/h19-23H,1-18H2;1H/q+1;/p-1. The molecule has 2 nitrogen and oxygen atoms in total. The molecule has 0 radical (unpaired) electrons. The number of nitrogens with zero attached hydrogens (tertiary/aromatic N) is 2. The Bertz CT molecular complexity index is 410. The highest BCUT2D eigenvalue weighted by atomic mass is 35.5. The van der Waals surface area contributed by atoms with Crippen molar-refractivity contribution < 1.29 is 17.0 Å². The average molecular weight is 381 g/mol. The Morgan fingerprint density at radius 1 is 0.577 bits per heavy atom. The molecule has 0 atom stereocenters. The topological polar surface area (TPSA) is 8.81 Å². The molecule has 2 aliphatic carbocycles. The highest BCUT2D eigenvalue weighted by molar-refractivity contribution is 4.77. The summed E-state index contributed by atoms with van der Waals surface area (Å²) >= 11 is 0. The molecule has 1 aromatic heterocycles. The van der Waals surface area contributed by atoms with Gasteiger partial charge in [0.1, 0.15) is 24.5 Å². The predicted octanol–water partition coefficient (Wildman–Crippen LogP) is 3.91. The number of halogens is 1. The van der Waals surface area contributed by atoms with Gasteiger partial charge in [-0.05, 0) is 51.4 Å². The summed E-state index contributed by atoms with van der Waals surface area (Å²) in [5.41, 5.74) is 0. The molecule has 3 rings (SSSR count). The minimum atomic E-state index is 0. The predicted molar refractivity (Wildman–Crippen MR) is 106 cm³/mol. The first-order valence-corrected chi connectivity index (χ1v) is 11.5. The Hall–Kier alpha value is -0.500. The maximum atomic E-state index is 2.57. The van der Waals surface area contributed by atoms with E-state index in [0.717, 1.165) is 12.1 Å². The van der Waals surface area contributed by atoms with Crippen molar-refractivity contribution >= 4 is 0 Å². The van der Waals surface area contributed by atoms with Crippen LogP contribution in [0.1, 0.15) is 128 Å². The smallest absolute Gasteiger partial charge is 0.244 e. The second-order valence-corrected chi connectivity index (χ2v) is 8.72. The lowest BCUT2D eigenvalue weighted by Crippen LogP contribution is -3.00. The van der Waals surface area contributed by atoms with E-state index < -0.39 is 0 Å². The van der Waals surface area contributed by atoms with Crippen molar-refractivity contribution in [2.24, 2.45) is 0 Å². The zero-order valence-corrected chi connectivity index (χ0v) is 17.6. The molecular formula is C23H41ClN2. The monoisotopic (exact) mass is 380 g/mol. The molecule has 0 bridgehead atoms. The molecule has 0 aromatic carbocycles. The molecule has 150 valence electrons. The fourth-order valence-corrected chi connectivity index (χ4v) is 4.99. The van der Waals surface area contributed by atoms with Crippen molar-refractivity contribution in [3.05, 3.63) is 18.7 Å². The van der Waals surface area contributed by atoms with Gasteiger partial charge < -0.3 is 12.4 Å². The van der Waals surface area contributed by atoms with Crippen LogP contribution in [0.3, 0.4) is 0 Å². The van der Waals surface area contributed by atoms with Crippen molar-refractivity contribution in [2.75, 3.05) is 0 Å². The summed E-state index contributed by atoms with van der Waals surface area (Å²) in [6, 6.07) is 1.50. The van der Waals surface area contributed by atoms with Gasteiger partial charge in [0.05, 0.1) is 0 Å². The molecule has 0 amide bonds. The maximum Gasteiger partial charge on any atom is 0.244 e. The molecule has 0 unspecified atom stereocenters. The molecule has 2 saturated carbocycles. The Balaban J connectivity index is 0.00000243. The van der Waals surface area contributed by atoms with E-state index in [1.165, 1.54) is 116 Å². The first-order chi connectivity index (χ1) is 12.4. The lowest BCUT2D eigenvalue weighted by atomic mass is 9.97. The average Bonchev–Trinajstić information content (AvgIpc) is 3.14.